The summed E-state index contributed by atoms with van der Waals surface area (Å²) in [6.45, 7) is 6.05. The molecule has 1 aromatic carbocycles. The standard InChI is InChI=1S/C14H16N2O2/c1-4-18-11(3)13-10(2)15-16(14(13)17)12-8-6-5-7-9-12/h5-9H,4H2,1-3H3/b13-11+. The molecule has 0 aromatic heterocycles. The van der Waals surface area contributed by atoms with Crippen molar-refractivity contribution >= 4 is 17.3 Å². The first-order valence-electron chi connectivity index (χ1n) is 5.94. The van der Waals surface area contributed by atoms with Gasteiger partial charge in [-0.2, -0.15) is 10.1 Å². The zero-order chi connectivity index (χ0) is 13.1. The molecule has 0 radical (unpaired) electrons. The molecule has 0 saturated carbocycles. The van der Waals surface area contributed by atoms with Crippen molar-refractivity contribution in [3.05, 3.63) is 41.7 Å². The fourth-order valence-corrected chi connectivity index (χ4v) is 1.94. The van der Waals surface area contributed by atoms with E-state index in [4.69, 9.17) is 4.74 Å². The maximum atomic E-state index is 12.3. The van der Waals surface area contributed by atoms with E-state index >= 15 is 0 Å². The monoisotopic (exact) mass is 244 g/mol. The minimum Gasteiger partial charge on any atom is -0.498 e. The Morgan fingerprint density at radius 2 is 2.00 bits per heavy atom. The van der Waals surface area contributed by atoms with Crippen molar-refractivity contribution in [1.29, 1.82) is 0 Å². The van der Waals surface area contributed by atoms with Crippen LogP contribution in [0.15, 0.2) is 46.8 Å². The average molecular weight is 244 g/mol. The van der Waals surface area contributed by atoms with Crippen LogP contribution < -0.4 is 5.01 Å². The van der Waals surface area contributed by atoms with Gasteiger partial charge in [-0.15, -0.1) is 0 Å². The minimum atomic E-state index is -0.135. The maximum absolute atomic E-state index is 12.3. The van der Waals surface area contributed by atoms with Crippen LogP contribution in [0.3, 0.4) is 0 Å². The maximum Gasteiger partial charge on any atom is 0.284 e. The summed E-state index contributed by atoms with van der Waals surface area (Å²) in [6, 6.07) is 9.37. The van der Waals surface area contributed by atoms with Crippen molar-refractivity contribution in [2.24, 2.45) is 5.10 Å². The van der Waals surface area contributed by atoms with Gasteiger partial charge >= 0.3 is 0 Å². The van der Waals surface area contributed by atoms with E-state index in [1.807, 2.05) is 44.2 Å². The van der Waals surface area contributed by atoms with E-state index in [0.717, 1.165) is 5.69 Å². The molecule has 94 valence electrons. The van der Waals surface area contributed by atoms with Gasteiger partial charge in [-0.1, -0.05) is 18.2 Å². The van der Waals surface area contributed by atoms with Gasteiger partial charge in [0.2, 0.25) is 0 Å². The zero-order valence-corrected chi connectivity index (χ0v) is 10.8. The van der Waals surface area contributed by atoms with Crippen LogP contribution in [0, 0.1) is 0 Å². The molecule has 18 heavy (non-hydrogen) atoms. The Balaban J connectivity index is 2.36. The Morgan fingerprint density at radius 3 is 2.61 bits per heavy atom. The van der Waals surface area contributed by atoms with E-state index in [9.17, 15) is 4.79 Å². The number of carbonyl (C=O) groups excluding carboxylic acids is 1. The quantitative estimate of drug-likeness (QED) is 0.606. The number of ether oxygens (including phenoxy) is 1. The Hall–Kier alpha value is -2.10. The predicted octanol–water partition coefficient (Wildman–Crippen LogP) is 2.72. The largest absolute Gasteiger partial charge is 0.498 e. The van der Waals surface area contributed by atoms with E-state index in [0.29, 0.717) is 23.7 Å². The molecule has 1 amide bonds. The summed E-state index contributed by atoms with van der Waals surface area (Å²) in [6.07, 6.45) is 0. The molecule has 4 nitrogen and oxygen atoms in total. The lowest BCUT2D eigenvalue weighted by molar-refractivity contribution is -0.114. The second-order valence-corrected chi connectivity index (χ2v) is 4.00. The number of rotatable bonds is 3. The Kier molecular flexibility index (Phi) is 3.46. The molecule has 0 spiro atoms. The topological polar surface area (TPSA) is 41.9 Å². The third-order valence-electron chi connectivity index (χ3n) is 2.73. The van der Waals surface area contributed by atoms with Crippen LogP contribution in [0.2, 0.25) is 0 Å². The van der Waals surface area contributed by atoms with E-state index in [2.05, 4.69) is 5.10 Å². The number of hydrazone groups is 1. The molecule has 1 heterocycles. The van der Waals surface area contributed by atoms with Crippen LogP contribution in [-0.2, 0) is 9.53 Å². The lowest BCUT2D eigenvalue weighted by Crippen LogP contribution is -2.22. The summed E-state index contributed by atoms with van der Waals surface area (Å²) in [5.41, 5.74) is 2.01. The number of benzene rings is 1. The highest BCUT2D eigenvalue weighted by molar-refractivity contribution is 6.30. The van der Waals surface area contributed by atoms with Crippen LogP contribution in [0.25, 0.3) is 0 Å². The smallest absolute Gasteiger partial charge is 0.284 e. The normalized spacial score (nSPS) is 17.8. The Labute approximate surface area is 107 Å². The summed E-state index contributed by atoms with van der Waals surface area (Å²) < 4.78 is 5.40. The third kappa shape index (κ3) is 2.14. The predicted molar refractivity (Wildman–Crippen MR) is 71.4 cm³/mol. The Bertz CT molecular complexity index is 518. The molecule has 1 aliphatic heterocycles. The number of amides is 1. The van der Waals surface area contributed by atoms with Crippen molar-refractivity contribution in [2.45, 2.75) is 20.8 Å². The van der Waals surface area contributed by atoms with Crippen molar-refractivity contribution in [3.63, 3.8) is 0 Å². The van der Waals surface area contributed by atoms with Gasteiger partial charge in [-0.25, -0.2) is 0 Å². The van der Waals surface area contributed by atoms with Crippen molar-refractivity contribution < 1.29 is 9.53 Å². The lowest BCUT2D eigenvalue weighted by atomic mass is 10.1. The van der Waals surface area contributed by atoms with Crippen LogP contribution in [0.5, 0.6) is 0 Å². The third-order valence-corrected chi connectivity index (χ3v) is 2.73. The highest BCUT2D eigenvalue weighted by Gasteiger charge is 2.31. The highest BCUT2D eigenvalue weighted by atomic mass is 16.5. The first kappa shape index (κ1) is 12.4. The van der Waals surface area contributed by atoms with E-state index in [1.54, 1.807) is 6.92 Å². The molecule has 0 N–H and O–H groups in total. The van der Waals surface area contributed by atoms with Gasteiger partial charge in [0.25, 0.3) is 5.91 Å². The molecule has 1 aromatic rings. The second kappa shape index (κ2) is 5.04. The van der Waals surface area contributed by atoms with Crippen LogP contribution in [-0.4, -0.2) is 18.2 Å². The number of nitrogens with zero attached hydrogens (tertiary/aromatic N) is 2. The molecule has 0 fully saturated rings. The first-order valence-corrected chi connectivity index (χ1v) is 5.94. The number of carbonyl (C=O) groups is 1. The number of allylic oxidation sites excluding steroid dienone is 1. The van der Waals surface area contributed by atoms with Gasteiger partial charge in [-0.05, 0) is 32.9 Å². The van der Waals surface area contributed by atoms with Gasteiger partial charge in [0, 0.05) is 0 Å². The van der Waals surface area contributed by atoms with Crippen LogP contribution >= 0.6 is 0 Å². The van der Waals surface area contributed by atoms with Crippen LogP contribution in [0.4, 0.5) is 5.69 Å². The van der Waals surface area contributed by atoms with Crippen LogP contribution in [0.1, 0.15) is 20.8 Å². The Morgan fingerprint density at radius 1 is 1.33 bits per heavy atom. The van der Waals surface area contributed by atoms with E-state index < -0.39 is 0 Å². The fourth-order valence-electron chi connectivity index (χ4n) is 1.94. The summed E-state index contributed by atoms with van der Waals surface area (Å²) in [5, 5.41) is 5.70. The fraction of sp³-hybridized carbons (Fsp3) is 0.286. The van der Waals surface area contributed by atoms with Gasteiger partial charge < -0.3 is 4.74 Å². The molecular formula is C14H16N2O2. The highest BCUT2D eigenvalue weighted by Crippen LogP contribution is 2.25. The summed E-state index contributed by atoms with van der Waals surface area (Å²) >= 11 is 0. The number of hydrogen-bond acceptors (Lipinski definition) is 3. The van der Waals surface area contributed by atoms with Crippen molar-refractivity contribution in [3.8, 4) is 0 Å². The molecular weight excluding hydrogens is 228 g/mol. The molecule has 0 atom stereocenters. The van der Waals surface area contributed by atoms with Gasteiger partial charge in [0.05, 0.1) is 18.0 Å². The summed E-state index contributed by atoms with van der Waals surface area (Å²) in [5.74, 6) is 0.492. The van der Waals surface area contributed by atoms with Gasteiger partial charge in [0.15, 0.2) is 0 Å². The van der Waals surface area contributed by atoms with Crippen molar-refractivity contribution in [1.82, 2.24) is 0 Å². The summed E-state index contributed by atoms with van der Waals surface area (Å²) in [7, 11) is 0. The number of hydrogen-bond donors (Lipinski definition) is 0. The SMILES string of the molecule is CCO/C(C)=C1/C(=O)N(c2ccccc2)N=C1C. The van der Waals surface area contributed by atoms with E-state index in [-0.39, 0.29) is 5.91 Å². The average Bonchev–Trinajstić information content (AvgIpc) is 2.66. The summed E-state index contributed by atoms with van der Waals surface area (Å²) in [4.78, 5) is 12.3. The van der Waals surface area contributed by atoms with Gasteiger partial charge in [-0.3, -0.25) is 4.79 Å². The molecule has 4 heteroatoms. The number of para-hydroxylation sites is 1. The van der Waals surface area contributed by atoms with Gasteiger partial charge in [0.1, 0.15) is 11.3 Å². The number of anilines is 1. The molecule has 2 rings (SSSR count). The first-order chi connectivity index (χ1) is 8.65. The molecule has 0 unspecified atom stereocenters. The second-order valence-electron chi connectivity index (χ2n) is 4.00. The van der Waals surface area contributed by atoms with E-state index in [1.165, 1.54) is 5.01 Å². The molecule has 1 aliphatic rings. The molecule has 0 saturated heterocycles. The molecule has 0 aliphatic carbocycles. The lowest BCUT2D eigenvalue weighted by Gasteiger charge is -2.12. The molecule has 0 bridgehead atoms. The minimum absolute atomic E-state index is 0.135. The van der Waals surface area contributed by atoms with Crippen molar-refractivity contribution in [2.75, 3.05) is 11.6 Å². The zero-order valence-electron chi connectivity index (χ0n) is 10.8.